The van der Waals surface area contributed by atoms with Gasteiger partial charge in [0.25, 0.3) is 0 Å². The number of nitrogens with zero attached hydrogens (tertiary/aromatic N) is 2. The highest BCUT2D eigenvalue weighted by molar-refractivity contribution is 5.75. The first kappa shape index (κ1) is 14.1. The summed E-state index contributed by atoms with van der Waals surface area (Å²) in [5.41, 5.74) is 5.95. The zero-order chi connectivity index (χ0) is 15.0. The van der Waals surface area contributed by atoms with Crippen LogP contribution < -0.4 is 10.6 Å². The minimum Gasteiger partial charge on any atom is -0.393 e. The van der Waals surface area contributed by atoms with Crippen molar-refractivity contribution in [1.82, 2.24) is 0 Å². The minimum atomic E-state index is -0.580. The highest BCUT2D eigenvalue weighted by Crippen LogP contribution is 2.43. The standard InChI is InChI=1S/C15H21N3O3/c16-12-5-3-6-13(14(12)18(20)21)17-9-8-15(19)7-2-1-4-11(15)10-17/h3,5-6,11,19H,1-2,4,7-10,16H2. The lowest BCUT2D eigenvalue weighted by atomic mass is 9.71. The van der Waals surface area contributed by atoms with Crippen molar-refractivity contribution in [1.29, 1.82) is 0 Å². The van der Waals surface area contributed by atoms with Crippen LogP contribution in [0.1, 0.15) is 32.1 Å². The van der Waals surface area contributed by atoms with Crippen molar-refractivity contribution in [3.63, 3.8) is 0 Å². The molecule has 1 aromatic carbocycles. The van der Waals surface area contributed by atoms with Gasteiger partial charge < -0.3 is 15.7 Å². The maximum absolute atomic E-state index is 11.3. The number of aliphatic hydroxyl groups is 1. The van der Waals surface area contributed by atoms with E-state index in [2.05, 4.69) is 0 Å². The van der Waals surface area contributed by atoms with Gasteiger partial charge in [0, 0.05) is 19.0 Å². The second-order valence-electron chi connectivity index (χ2n) is 6.21. The van der Waals surface area contributed by atoms with Gasteiger partial charge in [0.15, 0.2) is 0 Å². The van der Waals surface area contributed by atoms with E-state index in [1.807, 2.05) is 4.90 Å². The SMILES string of the molecule is Nc1cccc(N2CCC3(O)CCCCC3C2)c1[N+](=O)[O-]. The number of benzene rings is 1. The fraction of sp³-hybridized carbons (Fsp3) is 0.600. The van der Waals surface area contributed by atoms with E-state index in [1.165, 1.54) is 0 Å². The van der Waals surface area contributed by atoms with Gasteiger partial charge in [0.1, 0.15) is 11.4 Å². The Balaban J connectivity index is 1.89. The molecule has 0 bridgehead atoms. The van der Waals surface area contributed by atoms with Crippen molar-refractivity contribution in [3.8, 4) is 0 Å². The summed E-state index contributed by atoms with van der Waals surface area (Å²) in [6, 6.07) is 5.06. The fourth-order valence-corrected chi connectivity index (χ4v) is 3.79. The summed E-state index contributed by atoms with van der Waals surface area (Å²) in [5, 5.41) is 22.0. The Kier molecular flexibility index (Phi) is 3.49. The van der Waals surface area contributed by atoms with Gasteiger partial charge in [-0.2, -0.15) is 0 Å². The molecule has 6 heteroatoms. The average molecular weight is 291 g/mol. The number of hydrogen-bond acceptors (Lipinski definition) is 5. The third-order valence-electron chi connectivity index (χ3n) is 5.00. The van der Waals surface area contributed by atoms with Gasteiger partial charge in [-0.05, 0) is 31.4 Å². The summed E-state index contributed by atoms with van der Waals surface area (Å²) in [6.07, 6.45) is 4.71. The van der Waals surface area contributed by atoms with Crippen LogP contribution in [0.3, 0.4) is 0 Å². The summed E-state index contributed by atoms with van der Waals surface area (Å²) in [5.74, 6) is 0.195. The third-order valence-corrected chi connectivity index (χ3v) is 5.00. The fourth-order valence-electron chi connectivity index (χ4n) is 3.79. The normalized spacial score (nSPS) is 29.0. The van der Waals surface area contributed by atoms with Crippen LogP contribution in [0.4, 0.5) is 17.1 Å². The average Bonchev–Trinajstić information content (AvgIpc) is 2.45. The zero-order valence-corrected chi connectivity index (χ0v) is 12.0. The van der Waals surface area contributed by atoms with Crippen molar-refractivity contribution in [2.24, 2.45) is 5.92 Å². The first-order chi connectivity index (χ1) is 10.0. The summed E-state index contributed by atoms with van der Waals surface area (Å²) in [4.78, 5) is 12.9. The van der Waals surface area contributed by atoms with Crippen molar-refractivity contribution in [3.05, 3.63) is 28.3 Å². The topological polar surface area (TPSA) is 92.6 Å². The molecule has 2 fully saturated rings. The molecule has 1 aliphatic carbocycles. The monoisotopic (exact) mass is 291 g/mol. The van der Waals surface area contributed by atoms with Crippen LogP contribution >= 0.6 is 0 Å². The summed E-state index contributed by atoms with van der Waals surface area (Å²) >= 11 is 0. The summed E-state index contributed by atoms with van der Waals surface area (Å²) < 4.78 is 0. The molecule has 0 radical (unpaired) electrons. The first-order valence-corrected chi connectivity index (χ1v) is 7.51. The Labute approximate surface area is 123 Å². The first-order valence-electron chi connectivity index (χ1n) is 7.51. The van der Waals surface area contributed by atoms with Crippen LogP contribution in [0.2, 0.25) is 0 Å². The second-order valence-corrected chi connectivity index (χ2v) is 6.21. The number of hydrogen-bond donors (Lipinski definition) is 2. The molecule has 0 amide bonds. The number of nitrogens with two attached hydrogens (primary N) is 1. The molecule has 114 valence electrons. The smallest absolute Gasteiger partial charge is 0.315 e. The lowest BCUT2D eigenvalue weighted by Gasteiger charge is -2.48. The van der Waals surface area contributed by atoms with Crippen LogP contribution in [0.5, 0.6) is 0 Å². The zero-order valence-electron chi connectivity index (χ0n) is 12.0. The molecule has 0 spiro atoms. The molecule has 3 N–H and O–H groups in total. The van der Waals surface area contributed by atoms with Gasteiger partial charge >= 0.3 is 5.69 Å². The van der Waals surface area contributed by atoms with Gasteiger partial charge in [-0.3, -0.25) is 10.1 Å². The van der Waals surface area contributed by atoms with Gasteiger partial charge in [0.05, 0.1) is 10.5 Å². The molecule has 0 aromatic heterocycles. The number of nitro benzene ring substituents is 1. The summed E-state index contributed by atoms with van der Waals surface area (Å²) in [7, 11) is 0. The predicted molar refractivity (Wildman–Crippen MR) is 81.2 cm³/mol. The Morgan fingerprint density at radius 3 is 2.95 bits per heavy atom. The Bertz CT molecular complexity index is 563. The van der Waals surface area contributed by atoms with E-state index in [0.717, 1.165) is 25.7 Å². The minimum absolute atomic E-state index is 0.0150. The molecule has 1 aromatic rings. The molecule has 1 saturated carbocycles. The van der Waals surface area contributed by atoms with E-state index >= 15 is 0 Å². The van der Waals surface area contributed by atoms with Crippen LogP contribution in [-0.4, -0.2) is 28.7 Å². The number of nitro groups is 1. The Morgan fingerprint density at radius 1 is 1.38 bits per heavy atom. The van der Waals surface area contributed by atoms with E-state index in [-0.39, 0.29) is 17.3 Å². The van der Waals surface area contributed by atoms with Crippen molar-refractivity contribution < 1.29 is 10.0 Å². The third kappa shape index (κ3) is 2.44. The van der Waals surface area contributed by atoms with Crippen LogP contribution in [-0.2, 0) is 0 Å². The van der Waals surface area contributed by atoms with Crippen molar-refractivity contribution >= 4 is 17.1 Å². The summed E-state index contributed by atoms with van der Waals surface area (Å²) in [6.45, 7) is 1.30. The highest BCUT2D eigenvalue weighted by atomic mass is 16.6. The quantitative estimate of drug-likeness (QED) is 0.495. The highest BCUT2D eigenvalue weighted by Gasteiger charge is 2.43. The lowest BCUT2D eigenvalue weighted by Crippen LogP contribution is -2.53. The number of nitrogen functional groups attached to an aromatic ring is 1. The van der Waals surface area contributed by atoms with E-state index in [9.17, 15) is 15.2 Å². The van der Waals surface area contributed by atoms with E-state index in [4.69, 9.17) is 5.73 Å². The van der Waals surface area contributed by atoms with Crippen LogP contribution in [0.15, 0.2) is 18.2 Å². The van der Waals surface area contributed by atoms with Gasteiger partial charge in [-0.1, -0.05) is 18.9 Å². The number of piperidine rings is 1. The number of fused-ring (bicyclic) bond motifs is 1. The Hall–Kier alpha value is -1.82. The molecule has 1 heterocycles. The van der Waals surface area contributed by atoms with E-state index < -0.39 is 10.5 Å². The molecule has 2 aliphatic rings. The second kappa shape index (κ2) is 5.18. The van der Waals surface area contributed by atoms with Crippen LogP contribution in [0, 0.1) is 16.0 Å². The number of anilines is 2. The van der Waals surface area contributed by atoms with Crippen LogP contribution in [0.25, 0.3) is 0 Å². The molecule has 2 unspecified atom stereocenters. The maximum atomic E-state index is 11.3. The molecular weight excluding hydrogens is 270 g/mol. The van der Waals surface area contributed by atoms with Gasteiger partial charge in [-0.25, -0.2) is 0 Å². The molecular formula is C15H21N3O3. The van der Waals surface area contributed by atoms with Crippen molar-refractivity contribution in [2.45, 2.75) is 37.7 Å². The molecule has 1 aliphatic heterocycles. The predicted octanol–water partition coefficient (Wildman–Crippen LogP) is 2.31. The molecule has 1 saturated heterocycles. The maximum Gasteiger partial charge on any atom is 0.315 e. The Morgan fingerprint density at radius 2 is 2.19 bits per heavy atom. The van der Waals surface area contributed by atoms with E-state index in [0.29, 0.717) is 25.2 Å². The molecule has 2 atom stereocenters. The van der Waals surface area contributed by atoms with Gasteiger partial charge in [-0.15, -0.1) is 0 Å². The molecule has 21 heavy (non-hydrogen) atoms. The molecule has 6 nitrogen and oxygen atoms in total. The lowest BCUT2D eigenvalue weighted by molar-refractivity contribution is -0.383. The number of rotatable bonds is 2. The van der Waals surface area contributed by atoms with Gasteiger partial charge in [0.2, 0.25) is 0 Å². The largest absolute Gasteiger partial charge is 0.393 e. The molecule has 3 rings (SSSR count). The number of para-hydroxylation sites is 1. The van der Waals surface area contributed by atoms with Crippen molar-refractivity contribution in [2.75, 3.05) is 23.7 Å². The van der Waals surface area contributed by atoms with E-state index in [1.54, 1.807) is 18.2 Å².